The van der Waals surface area contributed by atoms with Crippen LogP contribution in [-0.4, -0.2) is 52.6 Å². The van der Waals surface area contributed by atoms with Crippen molar-refractivity contribution in [1.29, 1.82) is 0 Å². The molecule has 1 aliphatic heterocycles. The third-order valence-corrected chi connectivity index (χ3v) is 4.62. The van der Waals surface area contributed by atoms with E-state index in [4.69, 9.17) is 16.3 Å². The maximum Gasteiger partial charge on any atom is 0.123 e. The van der Waals surface area contributed by atoms with E-state index >= 15 is 0 Å². The van der Waals surface area contributed by atoms with Crippen LogP contribution in [0.15, 0.2) is 30.6 Å². The molecule has 23 heavy (non-hydrogen) atoms. The van der Waals surface area contributed by atoms with E-state index in [1.165, 1.54) is 0 Å². The van der Waals surface area contributed by atoms with Crippen molar-refractivity contribution in [2.45, 2.75) is 13.1 Å². The molecule has 1 saturated heterocycles. The zero-order valence-corrected chi connectivity index (χ0v) is 14.5. The van der Waals surface area contributed by atoms with Crippen LogP contribution < -0.4 is 4.74 Å². The maximum absolute atomic E-state index is 6.12. The second-order valence-corrected chi connectivity index (χ2v) is 6.40. The second-order valence-electron chi connectivity index (χ2n) is 5.96. The molecule has 0 radical (unpaired) electrons. The van der Waals surface area contributed by atoms with Crippen molar-refractivity contribution >= 4 is 11.6 Å². The predicted molar refractivity (Wildman–Crippen MR) is 91.8 cm³/mol. The van der Waals surface area contributed by atoms with Gasteiger partial charge in [0.05, 0.1) is 13.7 Å². The first kappa shape index (κ1) is 16.3. The largest absolute Gasteiger partial charge is 0.496 e. The van der Waals surface area contributed by atoms with Crippen molar-refractivity contribution in [3.8, 4) is 5.75 Å². The number of aryl methyl sites for hydroxylation is 1. The topological polar surface area (TPSA) is 33.5 Å². The van der Waals surface area contributed by atoms with Gasteiger partial charge < -0.3 is 9.30 Å². The fraction of sp³-hybridized carbons (Fsp3) is 0.471. The Hall–Kier alpha value is -1.56. The zero-order valence-electron chi connectivity index (χ0n) is 13.7. The molecule has 0 spiro atoms. The van der Waals surface area contributed by atoms with Crippen LogP contribution in [-0.2, 0) is 20.1 Å². The van der Waals surface area contributed by atoms with Crippen LogP contribution in [0.4, 0.5) is 0 Å². The van der Waals surface area contributed by atoms with Crippen LogP contribution in [0.25, 0.3) is 0 Å². The molecule has 0 amide bonds. The Kier molecular flexibility index (Phi) is 5.20. The number of rotatable bonds is 5. The molecule has 124 valence electrons. The lowest BCUT2D eigenvalue weighted by Crippen LogP contribution is -2.45. The number of hydrogen-bond acceptors (Lipinski definition) is 4. The molecule has 2 heterocycles. The number of imidazole rings is 1. The summed E-state index contributed by atoms with van der Waals surface area (Å²) in [4.78, 5) is 9.31. The quantitative estimate of drug-likeness (QED) is 0.840. The summed E-state index contributed by atoms with van der Waals surface area (Å²) in [7, 11) is 3.75. The van der Waals surface area contributed by atoms with E-state index in [-0.39, 0.29) is 0 Å². The lowest BCUT2D eigenvalue weighted by atomic mass is 10.1. The number of piperazine rings is 1. The fourth-order valence-electron chi connectivity index (χ4n) is 2.97. The maximum atomic E-state index is 6.12. The van der Waals surface area contributed by atoms with Crippen LogP contribution in [0.3, 0.4) is 0 Å². The van der Waals surface area contributed by atoms with E-state index in [0.717, 1.165) is 61.4 Å². The lowest BCUT2D eigenvalue weighted by Gasteiger charge is -2.34. The minimum absolute atomic E-state index is 0.759. The van der Waals surface area contributed by atoms with E-state index < -0.39 is 0 Å². The van der Waals surface area contributed by atoms with Gasteiger partial charge in [0.25, 0.3) is 0 Å². The van der Waals surface area contributed by atoms with Gasteiger partial charge in [-0.15, -0.1) is 0 Å². The summed E-state index contributed by atoms with van der Waals surface area (Å²) < 4.78 is 7.53. The molecular formula is C17H23ClN4O. The van der Waals surface area contributed by atoms with Crippen LogP contribution in [0.2, 0.25) is 5.02 Å². The number of benzene rings is 1. The first-order valence-electron chi connectivity index (χ1n) is 7.89. The summed E-state index contributed by atoms with van der Waals surface area (Å²) in [6.45, 7) is 5.98. The zero-order chi connectivity index (χ0) is 16.2. The van der Waals surface area contributed by atoms with E-state index in [0.29, 0.717) is 0 Å². The standard InChI is InChI=1S/C17H23ClN4O/c1-20-6-5-19-17(20)13-22-9-7-21(8-10-22)12-14-11-15(18)3-4-16(14)23-2/h3-6,11H,7-10,12-13H2,1-2H3. The van der Waals surface area contributed by atoms with Crippen molar-refractivity contribution in [2.24, 2.45) is 7.05 Å². The molecule has 6 heteroatoms. The molecule has 3 rings (SSSR count). The first-order chi connectivity index (χ1) is 11.2. The normalized spacial score (nSPS) is 16.7. The number of halogens is 1. The minimum Gasteiger partial charge on any atom is -0.496 e. The van der Waals surface area contributed by atoms with Crippen molar-refractivity contribution in [1.82, 2.24) is 19.4 Å². The molecule has 2 aromatic rings. The Balaban J connectivity index is 1.55. The minimum atomic E-state index is 0.759. The fourth-order valence-corrected chi connectivity index (χ4v) is 3.16. The van der Waals surface area contributed by atoms with Gasteiger partial charge in [0.1, 0.15) is 11.6 Å². The number of ether oxygens (including phenoxy) is 1. The van der Waals surface area contributed by atoms with Crippen LogP contribution in [0, 0.1) is 0 Å². The first-order valence-corrected chi connectivity index (χ1v) is 8.27. The van der Waals surface area contributed by atoms with Gasteiger partial charge in [-0.2, -0.15) is 0 Å². The van der Waals surface area contributed by atoms with Crippen molar-refractivity contribution in [2.75, 3.05) is 33.3 Å². The molecule has 0 atom stereocenters. The molecule has 0 aliphatic carbocycles. The van der Waals surface area contributed by atoms with Crippen molar-refractivity contribution < 1.29 is 4.74 Å². The van der Waals surface area contributed by atoms with E-state index in [9.17, 15) is 0 Å². The molecule has 5 nitrogen and oxygen atoms in total. The van der Waals surface area contributed by atoms with Gasteiger partial charge in [0, 0.05) is 62.8 Å². The highest BCUT2D eigenvalue weighted by atomic mass is 35.5. The SMILES string of the molecule is COc1ccc(Cl)cc1CN1CCN(Cc2nccn2C)CC1. The van der Waals surface area contributed by atoms with Gasteiger partial charge in [-0.3, -0.25) is 9.80 Å². The van der Waals surface area contributed by atoms with Gasteiger partial charge in [-0.1, -0.05) is 11.6 Å². The smallest absolute Gasteiger partial charge is 0.123 e. The van der Waals surface area contributed by atoms with Crippen LogP contribution in [0.5, 0.6) is 5.75 Å². The number of aromatic nitrogens is 2. The summed E-state index contributed by atoms with van der Waals surface area (Å²) in [5.74, 6) is 2.03. The van der Waals surface area contributed by atoms with Crippen molar-refractivity contribution in [3.05, 3.63) is 47.0 Å². The Labute approximate surface area is 142 Å². The molecule has 0 N–H and O–H groups in total. The highest BCUT2D eigenvalue weighted by molar-refractivity contribution is 6.30. The van der Waals surface area contributed by atoms with Gasteiger partial charge in [-0.05, 0) is 18.2 Å². The van der Waals surface area contributed by atoms with Gasteiger partial charge in [0.15, 0.2) is 0 Å². The van der Waals surface area contributed by atoms with Crippen LogP contribution >= 0.6 is 11.6 Å². The monoisotopic (exact) mass is 334 g/mol. The Morgan fingerprint density at radius 1 is 1.13 bits per heavy atom. The molecule has 1 fully saturated rings. The molecule has 0 unspecified atom stereocenters. The summed E-state index contributed by atoms with van der Waals surface area (Å²) in [6, 6.07) is 5.81. The predicted octanol–water partition coefficient (Wildman–Crippen LogP) is 2.40. The molecule has 1 aromatic carbocycles. The van der Waals surface area contributed by atoms with Gasteiger partial charge in [-0.25, -0.2) is 4.98 Å². The van der Waals surface area contributed by atoms with E-state index in [1.807, 2.05) is 37.6 Å². The van der Waals surface area contributed by atoms with E-state index in [1.54, 1.807) is 7.11 Å². The lowest BCUT2D eigenvalue weighted by molar-refractivity contribution is 0.118. The van der Waals surface area contributed by atoms with Gasteiger partial charge >= 0.3 is 0 Å². The average Bonchev–Trinajstić information content (AvgIpc) is 2.95. The van der Waals surface area contributed by atoms with Crippen molar-refractivity contribution in [3.63, 3.8) is 0 Å². The van der Waals surface area contributed by atoms with E-state index in [2.05, 4.69) is 19.4 Å². The molecule has 1 aliphatic rings. The Morgan fingerprint density at radius 2 is 1.83 bits per heavy atom. The molecular weight excluding hydrogens is 312 g/mol. The average molecular weight is 335 g/mol. The van der Waals surface area contributed by atoms with Gasteiger partial charge in [0.2, 0.25) is 0 Å². The number of hydrogen-bond donors (Lipinski definition) is 0. The number of methoxy groups -OCH3 is 1. The highest BCUT2D eigenvalue weighted by Gasteiger charge is 2.19. The third-order valence-electron chi connectivity index (χ3n) is 4.39. The summed E-state index contributed by atoms with van der Waals surface area (Å²) >= 11 is 6.12. The second kappa shape index (κ2) is 7.34. The van der Waals surface area contributed by atoms with Crippen LogP contribution in [0.1, 0.15) is 11.4 Å². The molecule has 0 saturated carbocycles. The molecule has 0 bridgehead atoms. The summed E-state index contributed by atoms with van der Waals surface area (Å²) in [5.41, 5.74) is 1.15. The Bertz CT molecular complexity index is 650. The third kappa shape index (κ3) is 4.05. The summed E-state index contributed by atoms with van der Waals surface area (Å²) in [5, 5.41) is 0.759. The molecule has 1 aromatic heterocycles. The Morgan fingerprint density at radius 3 is 2.43 bits per heavy atom. The summed E-state index contributed by atoms with van der Waals surface area (Å²) in [6.07, 6.45) is 3.86. The highest BCUT2D eigenvalue weighted by Crippen LogP contribution is 2.24. The number of nitrogens with zero attached hydrogens (tertiary/aromatic N) is 4.